The molecule has 3 aromatic carbocycles. The lowest BCUT2D eigenvalue weighted by Crippen LogP contribution is -2.27. The molecule has 4 rings (SSSR count). The lowest BCUT2D eigenvalue weighted by Gasteiger charge is -2.14. The van der Waals surface area contributed by atoms with Crippen LogP contribution in [0.2, 0.25) is 0 Å². The highest BCUT2D eigenvalue weighted by atomic mass is 32.2. The molecule has 1 saturated heterocycles. The molecule has 1 fully saturated rings. The van der Waals surface area contributed by atoms with E-state index < -0.39 is 21.2 Å². The van der Waals surface area contributed by atoms with Crippen LogP contribution in [0.25, 0.3) is 6.08 Å². The van der Waals surface area contributed by atoms with Gasteiger partial charge >= 0.3 is 5.69 Å². The lowest BCUT2D eigenvalue weighted by atomic mass is 10.1. The maximum Gasteiger partial charge on any atom is 0.318 e. The minimum absolute atomic E-state index is 0.128. The number of amides is 1. The van der Waals surface area contributed by atoms with Crippen LogP contribution in [0, 0.1) is 20.2 Å². The van der Waals surface area contributed by atoms with Gasteiger partial charge in [0.2, 0.25) is 5.75 Å². The lowest BCUT2D eigenvalue weighted by molar-refractivity contribution is -0.394. The molecule has 0 unspecified atom stereocenters. The standard InChI is InChI=1S/C24H17N3O7S2/c1-33-20-9-7-16(11-21(20)34-19-10-8-17(26(29)30)13-18(19)27(31)32)12-22-23(28)25(24(35)36-22)14-15-5-3-2-4-6-15/h2-13H,14H2,1H3/b22-12-. The first-order valence-corrected chi connectivity index (χ1v) is 11.6. The molecular formula is C24H17N3O7S2. The number of nitro groups is 2. The van der Waals surface area contributed by atoms with E-state index in [1.165, 1.54) is 23.8 Å². The second-order valence-electron chi connectivity index (χ2n) is 7.43. The summed E-state index contributed by atoms with van der Waals surface area (Å²) in [4.78, 5) is 35.9. The Morgan fingerprint density at radius 2 is 1.69 bits per heavy atom. The Bertz CT molecular complexity index is 1410. The predicted molar refractivity (Wildman–Crippen MR) is 138 cm³/mol. The molecule has 1 heterocycles. The van der Waals surface area contributed by atoms with E-state index >= 15 is 0 Å². The fraction of sp³-hybridized carbons (Fsp3) is 0.0833. The monoisotopic (exact) mass is 523 g/mol. The van der Waals surface area contributed by atoms with Gasteiger partial charge in [0.1, 0.15) is 4.32 Å². The third kappa shape index (κ3) is 5.34. The minimum atomic E-state index is -0.767. The largest absolute Gasteiger partial charge is 0.493 e. The van der Waals surface area contributed by atoms with Crippen molar-refractivity contribution in [3.63, 3.8) is 0 Å². The van der Waals surface area contributed by atoms with E-state index in [1.54, 1.807) is 24.3 Å². The van der Waals surface area contributed by atoms with Gasteiger partial charge in [-0.1, -0.05) is 60.4 Å². The molecule has 182 valence electrons. The van der Waals surface area contributed by atoms with Gasteiger partial charge in [-0.05, 0) is 35.4 Å². The number of ether oxygens (including phenoxy) is 2. The Hall–Kier alpha value is -4.29. The Morgan fingerprint density at radius 1 is 0.972 bits per heavy atom. The molecule has 0 radical (unpaired) electrons. The van der Waals surface area contributed by atoms with Crippen molar-refractivity contribution in [2.45, 2.75) is 6.54 Å². The fourth-order valence-electron chi connectivity index (χ4n) is 3.38. The molecule has 36 heavy (non-hydrogen) atoms. The predicted octanol–water partition coefficient (Wildman–Crippen LogP) is 5.71. The number of carbonyl (C=O) groups excluding carboxylic acids is 1. The summed E-state index contributed by atoms with van der Waals surface area (Å²) in [5, 5.41) is 22.5. The summed E-state index contributed by atoms with van der Waals surface area (Å²) >= 11 is 6.57. The number of methoxy groups -OCH3 is 1. The Balaban J connectivity index is 1.62. The van der Waals surface area contributed by atoms with E-state index in [4.69, 9.17) is 21.7 Å². The fourth-order valence-corrected chi connectivity index (χ4v) is 4.64. The van der Waals surface area contributed by atoms with Crippen molar-refractivity contribution in [3.05, 3.63) is 103 Å². The molecule has 1 amide bonds. The number of hydrogen-bond acceptors (Lipinski definition) is 9. The van der Waals surface area contributed by atoms with Crippen LogP contribution in [0.5, 0.6) is 17.2 Å². The van der Waals surface area contributed by atoms with Crippen molar-refractivity contribution in [3.8, 4) is 17.2 Å². The van der Waals surface area contributed by atoms with E-state index in [9.17, 15) is 25.0 Å². The normalized spacial score (nSPS) is 14.2. The first-order valence-electron chi connectivity index (χ1n) is 10.3. The molecule has 0 spiro atoms. The minimum Gasteiger partial charge on any atom is -0.493 e. The number of nitro benzene ring substituents is 2. The number of thiocarbonyl (C=S) groups is 1. The van der Waals surface area contributed by atoms with E-state index in [2.05, 4.69) is 0 Å². The van der Waals surface area contributed by atoms with Crippen LogP contribution in [0.15, 0.2) is 71.6 Å². The van der Waals surface area contributed by atoms with Gasteiger partial charge in [0.05, 0.1) is 34.5 Å². The Morgan fingerprint density at radius 3 is 2.36 bits per heavy atom. The van der Waals surface area contributed by atoms with Crippen molar-refractivity contribution in [1.82, 2.24) is 4.90 Å². The first-order chi connectivity index (χ1) is 17.3. The van der Waals surface area contributed by atoms with Crippen LogP contribution in [-0.2, 0) is 11.3 Å². The van der Waals surface area contributed by atoms with E-state index in [0.29, 0.717) is 21.3 Å². The van der Waals surface area contributed by atoms with Gasteiger partial charge in [-0.15, -0.1) is 0 Å². The topological polar surface area (TPSA) is 125 Å². The van der Waals surface area contributed by atoms with Crippen molar-refractivity contribution in [2.75, 3.05) is 7.11 Å². The second kappa shape index (κ2) is 10.5. The van der Waals surface area contributed by atoms with Crippen molar-refractivity contribution >= 4 is 51.7 Å². The molecule has 0 bridgehead atoms. The average Bonchev–Trinajstić information content (AvgIpc) is 3.12. The van der Waals surface area contributed by atoms with Crippen LogP contribution in [0.4, 0.5) is 11.4 Å². The smallest absolute Gasteiger partial charge is 0.318 e. The number of carbonyl (C=O) groups is 1. The summed E-state index contributed by atoms with van der Waals surface area (Å²) in [6.07, 6.45) is 1.64. The van der Waals surface area contributed by atoms with Crippen molar-refractivity contribution < 1.29 is 24.1 Å². The molecule has 1 aliphatic rings. The van der Waals surface area contributed by atoms with Crippen LogP contribution < -0.4 is 9.47 Å². The Kier molecular flexibility index (Phi) is 7.27. The quantitative estimate of drug-likeness (QED) is 0.158. The highest BCUT2D eigenvalue weighted by Crippen LogP contribution is 2.40. The van der Waals surface area contributed by atoms with E-state index in [-0.39, 0.29) is 23.2 Å². The third-order valence-electron chi connectivity index (χ3n) is 5.11. The number of nitrogens with zero attached hydrogens (tertiary/aromatic N) is 3. The van der Waals surface area contributed by atoms with Crippen molar-refractivity contribution in [1.29, 1.82) is 0 Å². The van der Waals surface area contributed by atoms with Gasteiger partial charge in [0.25, 0.3) is 11.6 Å². The highest BCUT2D eigenvalue weighted by Gasteiger charge is 2.32. The van der Waals surface area contributed by atoms with Crippen LogP contribution in [0.3, 0.4) is 0 Å². The summed E-state index contributed by atoms with van der Waals surface area (Å²) in [7, 11) is 1.40. The molecule has 0 atom stereocenters. The molecule has 3 aromatic rings. The average molecular weight is 524 g/mol. The maximum absolute atomic E-state index is 13.0. The zero-order chi connectivity index (χ0) is 25.8. The molecular weight excluding hydrogens is 506 g/mol. The highest BCUT2D eigenvalue weighted by molar-refractivity contribution is 8.26. The number of hydrogen-bond donors (Lipinski definition) is 0. The molecule has 0 saturated carbocycles. The summed E-state index contributed by atoms with van der Waals surface area (Å²) in [5.41, 5.74) is 0.501. The number of rotatable bonds is 8. The second-order valence-corrected chi connectivity index (χ2v) is 9.11. The van der Waals surface area contributed by atoms with Gasteiger partial charge in [-0.3, -0.25) is 29.9 Å². The van der Waals surface area contributed by atoms with Gasteiger partial charge in [-0.25, -0.2) is 0 Å². The zero-order valence-corrected chi connectivity index (χ0v) is 20.3. The van der Waals surface area contributed by atoms with Gasteiger partial charge in [0.15, 0.2) is 11.5 Å². The van der Waals surface area contributed by atoms with E-state index in [0.717, 1.165) is 23.8 Å². The third-order valence-corrected chi connectivity index (χ3v) is 6.49. The van der Waals surface area contributed by atoms with Crippen molar-refractivity contribution in [2.24, 2.45) is 0 Å². The van der Waals surface area contributed by atoms with E-state index in [1.807, 2.05) is 30.3 Å². The van der Waals surface area contributed by atoms with Crippen LogP contribution >= 0.6 is 24.0 Å². The SMILES string of the molecule is COc1ccc(/C=C2\SC(=S)N(Cc3ccccc3)C2=O)cc1Oc1ccc([N+](=O)[O-])cc1[N+](=O)[O-]. The molecule has 0 aromatic heterocycles. The number of thioether (sulfide) groups is 1. The van der Waals surface area contributed by atoms with Gasteiger partial charge < -0.3 is 9.47 Å². The maximum atomic E-state index is 13.0. The van der Waals surface area contributed by atoms with Crippen LogP contribution in [0.1, 0.15) is 11.1 Å². The number of non-ortho nitro benzene ring substituents is 1. The summed E-state index contributed by atoms with van der Waals surface area (Å²) in [5.74, 6) is -0.0345. The van der Waals surface area contributed by atoms with Crippen LogP contribution in [-0.4, -0.2) is 32.1 Å². The summed E-state index contributed by atoms with van der Waals surface area (Å²) < 4.78 is 11.5. The molecule has 0 aliphatic carbocycles. The zero-order valence-electron chi connectivity index (χ0n) is 18.7. The van der Waals surface area contributed by atoms with Gasteiger partial charge in [-0.2, -0.15) is 0 Å². The molecule has 1 aliphatic heterocycles. The summed E-state index contributed by atoms with van der Waals surface area (Å²) in [6.45, 7) is 0.351. The molecule has 12 heteroatoms. The van der Waals surface area contributed by atoms with Gasteiger partial charge in [0, 0.05) is 6.07 Å². The Labute approximate surface area is 214 Å². The first kappa shape index (κ1) is 24.8. The number of benzene rings is 3. The summed E-state index contributed by atoms with van der Waals surface area (Å²) in [6, 6.07) is 17.4. The molecule has 10 nitrogen and oxygen atoms in total. The molecule has 0 N–H and O–H groups in total.